The molecule has 8 nitrogen and oxygen atoms in total. The summed E-state index contributed by atoms with van der Waals surface area (Å²) >= 11 is 0. The first-order valence-electron chi connectivity index (χ1n) is 9.57. The molecule has 2 aromatic rings. The molecule has 1 aliphatic carbocycles. The zero-order valence-electron chi connectivity index (χ0n) is 15.7. The lowest BCUT2D eigenvalue weighted by molar-refractivity contribution is -0.384. The van der Waals surface area contributed by atoms with Gasteiger partial charge in [-0.3, -0.25) is 14.9 Å². The summed E-state index contributed by atoms with van der Waals surface area (Å²) in [4.78, 5) is 24.9. The molecule has 1 heterocycles. The Morgan fingerprint density at radius 3 is 2.45 bits per heavy atom. The summed E-state index contributed by atoms with van der Waals surface area (Å²) in [5.74, 6) is -0.265. The van der Waals surface area contributed by atoms with Gasteiger partial charge in [0, 0.05) is 36.0 Å². The number of fused-ring (bicyclic) bond motifs is 1. The normalized spacial score (nSPS) is 16.8. The van der Waals surface area contributed by atoms with Crippen LogP contribution in [0.2, 0.25) is 0 Å². The van der Waals surface area contributed by atoms with Crippen LogP contribution < -0.4 is 9.62 Å². The minimum atomic E-state index is -3.59. The summed E-state index contributed by atoms with van der Waals surface area (Å²) in [6, 6.07) is 10.3. The van der Waals surface area contributed by atoms with Crippen molar-refractivity contribution in [1.29, 1.82) is 0 Å². The number of benzene rings is 2. The van der Waals surface area contributed by atoms with E-state index < -0.39 is 14.9 Å². The fourth-order valence-corrected chi connectivity index (χ4v) is 5.32. The number of anilines is 1. The van der Waals surface area contributed by atoms with E-state index in [2.05, 4.69) is 4.72 Å². The molecule has 0 radical (unpaired) electrons. The van der Waals surface area contributed by atoms with Gasteiger partial charge in [0.1, 0.15) is 0 Å². The van der Waals surface area contributed by atoms with E-state index in [0.29, 0.717) is 24.2 Å². The standard InChI is InChI=1S/C20H21N3O5S/c24-20(14-5-7-17(8-6-14)23(25)26)22-12-11-15-13-18(9-10-19(15)22)29(27,28)21-16-3-1-2-4-16/h5-10,13,16,21H,1-4,11-12H2. The van der Waals surface area contributed by atoms with E-state index >= 15 is 0 Å². The number of amides is 1. The lowest BCUT2D eigenvalue weighted by Crippen LogP contribution is -2.32. The third kappa shape index (κ3) is 3.88. The molecule has 2 aromatic carbocycles. The number of nitro benzene ring substituents is 1. The molecule has 0 atom stereocenters. The Balaban J connectivity index is 1.55. The highest BCUT2D eigenvalue weighted by atomic mass is 32.2. The number of hydrogen-bond donors (Lipinski definition) is 1. The topological polar surface area (TPSA) is 110 Å². The van der Waals surface area contributed by atoms with Gasteiger partial charge >= 0.3 is 0 Å². The number of carbonyl (C=O) groups excluding carboxylic acids is 1. The molecule has 4 rings (SSSR count). The Morgan fingerprint density at radius 1 is 1.10 bits per heavy atom. The average Bonchev–Trinajstić information content (AvgIpc) is 3.36. The molecule has 29 heavy (non-hydrogen) atoms. The van der Waals surface area contributed by atoms with Gasteiger partial charge in [0.15, 0.2) is 0 Å². The maximum Gasteiger partial charge on any atom is 0.269 e. The van der Waals surface area contributed by atoms with Crippen LogP contribution in [0.4, 0.5) is 11.4 Å². The highest BCUT2D eigenvalue weighted by molar-refractivity contribution is 7.89. The fourth-order valence-electron chi connectivity index (χ4n) is 3.97. The van der Waals surface area contributed by atoms with Crippen molar-refractivity contribution in [3.8, 4) is 0 Å². The van der Waals surface area contributed by atoms with E-state index in [1.165, 1.54) is 30.3 Å². The first-order chi connectivity index (χ1) is 13.8. The Labute approximate surface area is 168 Å². The predicted octanol–water partition coefficient (Wildman–Crippen LogP) is 3.02. The van der Waals surface area contributed by atoms with Crippen LogP contribution in [-0.4, -0.2) is 31.8 Å². The number of rotatable bonds is 5. The molecule has 0 aromatic heterocycles. The van der Waals surface area contributed by atoms with Crippen LogP contribution in [0.1, 0.15) is 41.6 Å². The Morgan fingerprint density at radius 2 is 1.79 bits per heavy atom. The van der Waals surface area contributed by atoms with Crippen LogP contribution in [0.3, 0.4) is 0 Å². The minimum absolute atomic E-state index is 0.00605. The van der Waals surface area contributed by atoms with Crippen molar-refractivity contribution in [3.63, 3.8) is 0 Å². The molecule has 9 heteroatoms. The number of non-ortho nitro benzene ring substituents is 1. The van der Waals surface area contributed by atoms with Gasteiger partial charge in [-0.2, -0.15) is 0 Å². The third-order valence-electron chi connectivity index (χ3n) is 5.50. The summed E-state index contributed by atoms with van der Waals surface area (Å²) in [7, 11) is -3.59. The average molecular weight is 415 g/mol. The second-order valence-electron chi connectivity index (χ2n) is 7.40. The molecule has 0 bridgehead atoms. The van der Waals surface area contributed by atoms with Crippen LogP contribution in [0.5, 0.6) is 0 Å². The van der Waals surface area contributed by atoms with Crippen LogP contribution >= 0.6 is 0 Å². The third-order valence-corrected chi connectivity index (χ3v) is 7.02. The quantitative estimate of drug-likeness (QED) is 0.596. The molecule has 1 saturated carbocycles. The van der Waals surface area contributed by atoms with Crippen molar-refractivity contribution >= 4 is 27.3 Å². The second kappa shape index (κ2) is 7.57. The molecule has 0 unspecified atom stereocenters. The van der Waals surface area contributed by atoms with Crippen LogP contribution in [0.15, 0.2) is 47.4 Å². The molecule has 1 fully saturated rings. The molecular formula is C20H21N3O5S. The number of nitro groups is 1. The zero-order valence-corrected chi connectivity index (χ0v) is 16.5. The van der Waals surface area contributed by atoms with Crippen molar-refractivity contribution < 1.29 is 18.1 Å². The monoisotopic (exact) mass is 415 g/mol. The smallest absolute Gasteiger partial charge is 0.269 e. The van der Waals surface area contributed by atoms with Crippen LogP contribution in [-0.2, 0) is 16.4 Å². The SMILES string of the molecule is O=C(c1ccc([N+](=O)[O-])cc1)N1CCc2cc(S(=O)(=O)NC3CCCC3)ccc21. The van der Waals surface area contributed by atoms with E-state index in [0.717, 1.165) is 31.2 Å². The van der Waals surface area contributed by atoms with Gasteiger partial charge in [-0.15, -0.1) is 0 Å². The van der Waals surface area contributed by atoms with Crippen LogP contribution in [0, 0.1) is 10.1 Å². The van der Waals surface area contributed by atoms with Gasteiger partial charge < -0.3 is 4.90 Å². The summed E-state index contributed by atoms with van der Waals surface area (Å²) in [6.07, 6.45) is 4.36. The van der Waals surface area contributed by atoms with Gasteiger partial charge in [0.05, 0.1) is 9.82 Å². The maximum absolute atomic E-state index is 12.8. The largest absolute Gasteiger partial charge is 0.308 e. The number of carbonyl (C=O) groups is 1. The summed E-state index contributed by atoms with van der Waals surface area (Å²) < 4.78 is 28.1. The lowest BCUT2D eigenvalue weighted by atomic mass is 10.1. The number of nitrogens with one attached hydrogen (secondary N) is 1. The predicted molar refractivity (Wildman–Crippen MR) is 107 cm³/mol. The number of sulfonamides is 1. The van der Waals surface area contributed by atoms with Gasteiger partial charge in [-0.1, -0.05) is 12.8 Å². The molecular weight excluding hydrogens is 394 g/mol. The van der Waals surface area contributed by atoms with E-state index in [1.807, 2.05) is 0 Å². The Hall–Kier alpha value is -2.78. The number of nitrogens with zero attached hydrogens (tertiary/aromatic N) is 2. The molecule has 1 aliphatic heterocycles. The zero-order chi connectivity index (χ0) is 20.6. The molecule has 0 spiro atoms. The lowest BCUT2D eigenvalue weighted by Gasteiger charge is -2.18. The van der Waals surface area contributed by atoms with E-state index in [1.54, 1.807) is 17.0 Å². The second-order valence-corrected chi connectivity index (χ2v) is 9.12. The molecule has 152 valence electrons. The number of hydrogen-bond acceptors (Lipinski definition) is 5. The van der Waals surface area contributed by atoms with E-state index in [-0.39, 0.29) is 22.5 Å². The van der Waals surface area contributed by atoms with Crippen molar-refractivity contribution in [2.24, 2.45) is 0 Å². The van der Waals surface area contributed by atoms with Gasteiger partial charge in [-0.05, 0) is 55.2 Å². The van der Waals surface area contributed by atoms with Crippen LogP contribution in [0.25, 0.3) is 0 Å². The molecule has 2 aliphatic rings. The van der Waals surface area contributed by atoms with Crippen molar-refractivity contribution in [3.05, 3.63) is 63.7 Å². The van der Waals surface area contributed by atoms with Crippen molar-refractivity contribution in [2.75, 3.05) is 11.4 Å². The first-order valence-corrected chi connectivity index (χ1v) is 11.0. The molecule has 0 saturated heterocycles. The minimum Gasteiger partial charge on any atom is -0.308 e. The van der Waals surface area contributed by atoms with E-state index in [9.17, 15) is 23.3 Å². The Bertz CT molecular complexity index is 1060. The van der Waals surface area contributed by atoms with Gasteiger partial charge in [0.2, 0.25) is 10.0 Å². The van der Waals surface area contributed by atoms with E-state index in [4.69, 9.17) is 0 Å². The highest BCUT2D eigenvalue weighted by Crippen LogP contribution is 2.32. The highest BCUT2D eigenvalue weighted by Gasteiger charge is 2.29. The van der Waals surface area contributed by atoms with Crippen molar-refractivity contribution in [2.45, 2.75) is 43.0 Å². The van der Waals surface area contributed by atoms with Gasteiger partial charge in [0.25, 0.3) is 11.6 Å². The molecule has 1 N–H and O–H groups in total. The summed E-state index contributed by atoms with van der Waals surface area (Å²) in [5, 5.41) is 10.8. The fraction of sp³-hybridized carbons (Fsp3) is 0.350. The summed E-state index contributed by atoms with van der Waals surface area (Å²) in [5.41, 5.74) is 1.75. The summed E-state index contributed by atoms with van der Waals surface area (Å²) in [6.45, 7) is 0.435. The van der Waals surface area contributed by atoms with Gasteiger partial charge in [-0.25, -0.2) is 13.1 Å². The Kier molecular flexibility index (Phi) is 5.10. The maximum atomic E-state index is 12.8. The first kappa shape index (κ1) is 19.5. The van der Waals surface area contributed by atoms with Crippen molar-refractivity contribution in [1.82, 2.24) is 4.72 Å². The molecule has 1 amide bonds.